The fourth-order valence-electron chi connectivity index (χ4n) is 2.17. The third-order valence-corrected chi connectivity index (χ3v) is 3.97. The molecule has 0 saturated heterocycles. The summed E-state index contributed by atoms with van der Waals surface area (Å²) in [5.74, 6) is -3.50. The van der Waals surface area contributed by atoms with Crippen molar-refractivity contribution in [3.63, 3.8) is 0 Å². The summed E-state index contributed by atoms with van der Waals surface area (Å²) >= 11 is 3.96. The third kappa shape index (κ3) is 9.06. The van der Waals surface area contributed by atoms with Gasteiger partial charge in [0, 0.05) is 18.7 Å². The van der Waals surface area contributed by atoms with E-state index < -0.39 is 42.4 Å². The fourth-order valence-corrected chi connectivity index (χ4v) is 2.43. The van der Waals surface area contributed by atoms with Crippen molar-refractivity contribution in [3.05, 3.63) is 35.9 Å². The van der Waals surface area contributed by atoms with Crippen molar-refractivity contribution in [2.75, 3.05) is 12.3 Å². The van der Waals surface area contributed by atoms with Crippen LogP contribution >= 0.6 is 12.6 Å². The molecule has 0 fully saturated rings. The van der Waals surface area contributed by atoms with Crippen LogP contribution in [0.3, 0.4) is 0 Å². The van der Waals surface area contributed by atoms with E-state index in [1.807, 2.05) is 30.3 Å². The number of carbonyl (C=O) groups is 4. The molecule has 27 heavy (non-hydrogen) atoms. The molecule has 0 aliphatic heterocycles. The SMILES string of the molecule is O=C(O)CNC(=O)[C@H](CS)NC(=O)CC[C@H](NCc1ccccc1)C(=O)O. The second kappa shape index (κ2) is 11.9. The molecule has 5 N–H and O–H groups in total. The minimum absolute atomic E-state index is 0.0220. The number of rotatable bonds is 12. The van der Waals surface area contributed by atoms with Crippen LogP contribution in [0.5, 0.6) is 0 Å². The van der Waals surface area contributed by atoms with Crippen LogP contribution in [-0.4, -0.2) is 58.3 Å². The Morgan fingerprint density at radius 3 is 2.26 bits per heavy atom. The third-order valence-electron chi connectivity index (χ3n) is 3.60. The van der Waals surface area contributed by atoms with E-state index >= 15 is 0 Å². The van der Waals surface area contributed by atoms with Crippen molar-refractivity contribution in [3.8, 4) is 0 Å². The molecule has 0 bridgehead atoms. The van der Waals surface area contributed by atoms with Gasteiger partial charge in [0.1, 0.15) is 18.6 Å². The number of hydrogen-bond donors (Lipinski definition) is 6. The Labute approximate surface area is 161 Å². The summed E-state index contributed by atoms with van der Waals surface area (Å²) in [5.41, 5.74) is 0.915. The maximum absolute atomic E-state index is 12.0. The lowest BCUT2D eigenvalue weighted by Crippen LogP contribution is -2.49. The fraction of sp³-hybridized carbons (Fsp3) is 0.412. The smallest absolute Gasteiger partial charge is 0.322 e. The number of hydrogen-bond acceptors (Lipinski definition) is 6. The van der Waals surface area contributed by atoms with E-state index in [9.17, 15) is 24.3 Å². The topological polar surface area (TPSA) is 145 Å². The molecule has 0 saturated carbocycles. The monoisotopic (exact) mass is 397 g/mol. The Hall–Kier alpha value is -2.59. The van der Waals surface area contributed by atoms with Crippen molar-refractivity contribution >= 4 is 36.4 Å². The summed E-state index contributed by atoms with van der Waals surface area (Å²) in [6.45, 7) is -0.222. The molecule has 2 atom stereocenters. The molecule has 10 heteroatoms. The van der Waals surface area contributed by atoms with Crippen molar-refractivity contribution in [2.24, 2.45) is 0 Å². The van der Waals surface area contributed by atoms with Gasteiger partial charge in [-0.25, -0.2) is 0 Å². The molecule has 0 spiro atoms. The van der Waals surface area contributed by atoms with Crippen LogP contribution in [0.25, 0.3) is 0 Å². The average Bonchev–Trinajstić information content (AvgIpc) is 2.64. The Morgan fingerprint density at radius 2 is 1.70 bits per heavy atom. The molecule has 0 radical (unpaired) electrons. The lowest BCUT2D eigenvalue weighted by Gasteiger charge is -2.17. The van der Waals surface area contributed by atoms with Gasteiger partial charge in [-0.1, -0.05) is 30.3 Å². The van der Waals surface area contributed by atoms with E-state index in [1.165, 1.54) is 0 Å². The van der Waals surface area contributed by atoms with Gasteiger partial charge in [0.2, 0.25) is 11.8 Å². The van der Waals surface area contributed by atoms with Crippen LogP contribution in [0.4, 0.5) is 0 Å². The van der Waals surface area contributed by atoms with Crippen LogP contribution in [0, 0.1) is 0 Å². The highest BCUT2D eigenvalue weighted by atomic mass is 32.1. The van der Waals surface area contributed by atoms with Crippen LogP contribution < -0.4 is 16.0 Å². The van der Waals surface area contributed by atoms with E-state index in [0.717, 1.165) is 5.56 Å². The van der Waals surface area contributed by atoms with Crippen LogP contribution in [0.2, 0.25) is 0 Å². The van der Waals surface area contributed by atoms with E-state index in [2.05, 4.69) is 28.6 Å². The van der Waals surface area contributed by atoms with Crippen LogP contribution in [0.1, 0.15) is 18.4 Å². The van der Waals surface area contributed by atoms with Crippen LogP contribution in [-0.2, 0) is 25.7 Å². The predicted octanol–water partition coefficient (Wildman–Crippen LogP) is -0.375. The zero-order valence-electron chi connectivity index (χ0n) is 14.6. The van der Waals surface area contributed by atoms with Gasteiger partial charge >= 0.3 is 11.9 Å². The van der Waals surface area contributed by atoms with Gasteiger partial charge in [-0.05, 0) is 12.0 Å². The molecule has 1 rings (SSSR count). The summed E-state index contributed by atoms with van der Waals surface area (Å²) in [6, 6.07) is 7.32. The Bertz CT molecular complexity index is 655. The number of nitrogens with one attached hydrogen (secondary N) is 3. The van der Waals surface area contributed by atoms with E-state index in [-0.39, 0.29) is 18.6 Å². The van der Waals surface area contributed by atoms with Crippen molar-refractivity contribution in [1.29, 1.82) is 0 Å². The van der Waals surface area contributed by atoms with Gasteiger partial charge in [-0.2, -0.15) is 12.6 Å². The first kappa shape index (κ1) is 22.5. The number of carboxylic acids is 2. The van der Waals surface area contributed by atoms with E-state index in [4.69, 9.17) is 5.11 Å². The first-order valence-corrected chi connectivity index (χ1v) is 8.86. The van der Waals surface area contributed by atoms with Gasteiger partial charge in [-0.15, -0.1) is 0 Å². The maximum Gasteiger partial charge on any atom is 0.322 e. The van der Waals surface area contributed by atoms with E-state index in [1.54, 1.807) is 0 Å². The molecule has 0 aliphatic rings. The first-order chi connectivity index (χ1) is 12.8. The van der Waals surface area contributed by atoms with E-state index in [0.29, 0.717) is 6.54 Å². The molecule has 0 aliphatic carbocycles. The number of amides is 2. The summed E-state index contributed by atoms with van der Waals surface area (Å²) in [7, 11) is 0. The van der Waals surface area contributed by atoms with Crippen molar-refractivity contribution in [2.45, 2.75) is 31.5 Å². The normalized spacial score (nSPS) is 12.6. The molecule has 0 unspecified atom stereocenters. The van der Waals surface area contributed by atoms with Crippen LogP contribution in [0.15, 0.2) is 30.3 Å². The lowest BCUT2D eigenvalue weighted by atomic mass is 10.1. The van der Waals surface area contributed by atoms with Gasteiger partial charge < -0.3 is 26.2 Å². The number of carboxylic acid groups (broad SMARTS) is 2. The van der Waals surface area contributed by atoms with Crippen molar-refractivity contribution < 1.29 is 29.4 Å². The Morgan fingerprint density at radius 1 is 1.04 bits per heavy atom. The molecule has 2 amide bonds. The zero-order valence-corrected chi connectivity index (χ0v) is 15.4. The average molecular weight is 397 g/mol. The summed E-state index contributed by atoms with van der Waals surface area (Å²) < 4.78 is 0. The maximum atomic E-state index is 12.0. The number of carbonyl (C=O) groups excluding carboxylic acids is 2. The molecule has 9 nitrogen and oxygen atoms in total. The largest absolute Gasteiger partial charge is 0.480 e. The van der Waals surface area contributed by atoms with Gasteiger partial charge in [-0.3, -0.25) is 19.2 Å². The summed E-state index contributed by atoms with van der Waals surface area (Å²) in [5, 5.41) is 25.3. The summed E-state index contributed by atoms with van der Waals surface area (Å²) in [4.78, 5) is 45.6. The van der Waals surface area contributed by atoms with Crippen molar-refractivity contribution in [1.82, 2.24) is 16.0 Å². The standard InChI is InChI=1S/C17H23N3O6S/c21-14(20-13(10-27)16(24)19-9-15(22)23)7-6-12(17(25)26)18-8-11-4-2-1-3-5-11/h1-5,12-13,18,27H,6-10H2,(H,19,24)(H,20,21)(H,22,23)(H,25,26)/t12-,13-/m0/s1. The van der Waals surface area contributed by atoms with Gasteiger partial charge in [0.25, 0.3) is 0 Å². The highest BCUT2D eigenvalue weighted by Crippen LogP contribution is 2.03. The highest BCUT2D eigenvalue weighted by molar-refractivity contribution is 7.80. The molecule has 0 aromatic heterocycles. The first-order valence-electron chi connectivity index (χ1n) is 8.23. The summed E-state index contributed by atoms with van der Waals surface area (Å²) in [6.07, 6.45) is -0.0840. The number of benzene rings is 1. The molecular formula is C17H23N3O6S. The number of thiol groups is 1. The highest BCUT2D eigenvalue weighted by Gasteiger charge is 2.22. The molecule has 148 valence electrons. The minimum atomic E-state index is -1.21. The molecular weight excluding hydrogens is 374 g/mol. The molecule has 0 heterocycles. The minimum Gasteiger partial charge on any atom is -0.480 e. The second-order valence-electron chi connectivity index (χ2n) is 5.71. The predicted molar refractivity (Wildman–Crippen MR) is 100 cm³/mol. The van der Waals surface area contributed by atoms with Gasteiger partial charge in [0.15, 0.2) is 0 Å². The number of aliphatic carboxylic acids is 2. The lowest BCUT2D eigenvalue weighted by molar-refractivity contribution is -0.140. The zero-order chi connectivity index (χ0) is 20.2. The second-order valence-corrected chi connectivity index (χ2v) is 6.08. The quantitative estimate of drug-likeness (QED) is 0.264. The molecule has 1 aromatic carbocycles. The molecule has 1 aromatic rings. The Balaban J connectivity index is 2.47. The Kier molecular flexibility index (Phi) is 9.91. The van der Waals surface area contributed by atoms with Gasteiger partial charge in [0.05, 0.1) is 0 Å².